The third kappa shape index (κ3) is 2.98. The Morgan fingerprint density at radius 3 is 2.65 bits per heavy atom. The lowest BCUT2D eigenvalue weighted by Crippen LogP contribution is -2.07. The first-order chi connectivity index (χ1) is 12.4. The molecule has 2 aromatic heterocycles. The third-order valence-corrected chi connectivity index (χ3v) is 5.78. The van der Waals surface area contributed by atoms with E-state index in [1.807, 2.05) is 6.92 Å². The highest BCUT2D eigenvalue weighted by Crippen LogP contribution is 2.37. The molecule has 0 saturated heterocycles. The standard InChI is InChI=1S/C19H10Cl2O4S/c1-9-6-16(22)25-14-8-11(3-5-12(9)14)24-19(23)18-17(21)13-4-2-10(20)7-15(13)26-18/h2-8H,1H3. The summed E-state index contributed by atoms with van der Waals surface area (Å²) < 4.78 is 11.4. The van der Waals surface area contributed by atoms with Crippen molar-refractivity contribution in [2.24, 2.45) is 0 Å². The number of esters is 1. The summed E-state index contributed by atoms with van der Waals surface area (Å²) in [7, 11) is 0. The van der Waals surface area contributed by atoms with Crippen LogP contribution in [0.15, 0.2) is 51.7 Å². The van der Waals surface area contributed by atoms with Gasteiger partial charge in [0.05, 0.1) is 5.02 Å². The van der Waals surface area contributed by atoms with Crippen molar-refractivity contribution >= 4 is 61.6 Å². The van der Waals surface area contributed by atoms with Gasteiger partial charge >= 0.3 is 11.6 Å². The molecule has 0 aliphatic rings. The van der Waals surface area contributed by atoms with Crippen LogP contribution in [0.4, 0.5) is 0 Å². The van der Waals surface area contributed by atoms with Gasteiger partial charge in [0.15, 0.2) is 0 Å². The van der Waals surface area contributed by atoms with Gasteiger partial charge in [0.25, 0.3) is 0 Å². The number of benzene rings is 2. The van der Waals surface area contributed by atoms with Crippen LogP contribution in [0.5, 0.6) is 5.75 Å². The lowest BCUT2D eigenvalue weighted by molar-refractivity contribution is 0.0740. The summed E-state index contributed by atoms with van der Waals surface area (Å²) in [6, 6.07) is 11.5. The van der Waals surface area contributed by atoms with E-state index in [9.17, 15) is 9.59 Å². The van der Waals surface area contributed by atoms with Crippen LogP contribution in [-0.4, -0.2) is 5.97 Å². The predicted molar refractivity (Wildman–Crippen MR) is 104 cm³/mol. The quantitative estimate of drug-likeness (QED) is 0.239. The second-order valence-electron chi connectivity index (χ2n) is 5.68. The van der Waals surface area contributed by atoms with Crippen molar-refractivity contribution in [2.45, 2.75) is 6.92 Å². The third-order valence-electron chi connectivity index (χ3n) is 3.91. The van der Waals surface area contributed by atoms with Crippen molar-refractivity contribution in [3.8, 4) is 5.75 Å². The maximum Gasteiger partial charge on any atom is 0.355 e. The molecule has 0 atom stereocenters. The first-order valence-electron chi connectivity index (χ1n) is 7.56. The fourth-order valence-corrected chi connectivity index (χ4v) is 4.35. The number of halogens is 2. The second kappa shape index (κ2) is 6.43. The zero-order valence-corrected chi connectivity index (χ0v) is 15.7. The molecule has 7 heteroatoms. The maximum atomic E-state index is 12.5. The molecule has 0 amide bonds. The zero-order chi connectivity index (χ0) is 18.4. The lowest BCUT2D eigenvalue weighted by atomic mass is 10.1. The predicted octanol–water partition coefficient (Wildman–Crippen LogP) is 5.84. The Labute approximate surface area is 161 Å². The molecular weight excluding hydrogens is 395 g/mol. The molecule has 0 aliphatic heterocycles. The molecule has 26 heavy (non-hydrogen) atoms. The Kier molecular flexibility index (Phi) is 4.23. The number of carbonyl (C=O) groups is 1. The first-order valence-corrected chi connectivity index (χ1v) is 9.14. The van der Waals surface area contributed by atoms with E-state index in [0.717, 1.165) is 21.0 Å². The smallest absolute Gasteiger partial charge is 0.355 e. The SMILES string of the molecule is Cc1cc(=O)oc2cc(OC(=O)c3sc4cc(Cl)ccc4c3Cl)ccc12. The fraction of sp³-hybridized carbons (Fsp3) is 0.0526. The van der Waals surface area contributed by atoms with Gasteiger partial charge in [0.2, 0.25) is 0 Å². The van der Waals surface area contributed by atoms with Crippen LogP contribution in [-0.2, 0) is 0 Å². The number of rotatable bonds is 2. The minimum Gasteiger partial charge on any atom is -0.423 e. The van der Waals surface area contributed by atoms with Crippen LogP contribution in [0.1, 0.15) is 15.2 Å². The second-order valence-corrected chi connectivity index (χ2v) is 7.55. The van der Waals surface area contributed by atoms with E-state index < -0.39 is 11.6 Å². The van der Waals surface area contributed by atoms with Gasteiger partial charge in [-0.2, -0.15) is 0 Å². The molecule has 0 saturated carbocycles. The zero-order valence-electron chi connectivity index (χ0n) is 13.3. The monoisotopic (exact) mass is 404 g/mol. The molecule has 2 aromatic carbocycles. The summed E-state index contributed by atoms with van der Waals surface area (Å²) in [5.74, 6) is -0.315. The van der Waals surface area contributed by atoms with Gasteiger partial charge in [0, 0.05) is 32.6 Å². The lowest BCUT2D eigenvalue weighted by Gasteiger charge is -2.05. The molecule has 0 spiro atoms. The Morgan fingerprint density at radius 1 is 1.08 bits per heavy atom. The summed E-state index contributed by atoms with van der Waals surface area (Å²) >= 11 is 13.5. The van der Waals surface area contributed by atoms with Crippen LogP contribution in [0, 0.1) is 6.92 Å². The molecule has 2 heterocycles. The first kappa shape index (κ1) is 17.1. The van der Waals surface area contributed by atoms with Gasteiger partial charge < -0.3 is 9.15 Å². The van der Waals surface area contributed by atoms with E-state index >= 15 is 0 Å². The number of thiophene rings is 1. The number of hydrogen-bond acceptors (Lipinski definition) is 5. The summed E-state index contributed by atoms with van der Waals surface area (Å²) in [5.41, 5.74) is 0.691. The normalized spacial score (nSPS) is 11.2. The van der Waals surface area contributed by atoms with Gasteiger partial charge in [-0.15, -0.1) is 11.3 Å². The largest absolute Gasteiger partial charge is 0.423 e. The van der Waals surface area contributed by atoms with Crippen molar-refractivity contribution in [2.75, 3.05) is 0 Å². The van der Waals surface area contributed by atoms with Gasteiger partial charge in [-0.25, -0.2) is 9.59 Å². The molecule has 0 bridgehead atoms. The highest BCUT2D eigenvalue weighted by atomic mass is 35.5. The van der Waals surface area contributed by atoms with Gasteiger partial charge in [-0.1, -0.05) is 29.3 Å². The van der Waals surface area contributed by atoms with Crippen LogP contribution >= 0.6 is 34.5 Å². The highest BCUT2D eigenvalue weighted by Gasteiger charge is 2.19. The number of fused-ring (bicyclic) bond motifs is 2. The Morgan fingerprint density at radius 2 is 1.85 bits per heavy atom. The summed E-state index contributed by atoms with van der Waals surface area (Å²) in [5, 5.41) is 2.41. The van der Waals surface area contributed by atoms with E-state index in [1.165, 1.54) is 23.5 Å². The summed E-state index contributed by atoms with van der Waals surface area (Å²) in [6.45, 7) is 1.81. The number of hydrogen-bond donors (Lipinski definition) is 0. The molecule has 0 aliphatic carbocycles. The van der Waals surface area contributed by atoms with Crippen LogP contribution in [0.25, 0.3) is 21.1 Å². The molecule has 0 N–H and O–H groups in total. The molecule has 0 fully saturated rings. The molecular formula is C19H10Cl2O4S. The van der Waals surface area contributed by atoms with Gasteiger partial charge in [-0.05, 0) is 36.8 Å². The van der Waals surface area contributed by atoms with Gasteiger partial charge in [0.1, 0.15) is 16.2 Å². The maximum absolute atomic E-state index is 12.5. The topological polar surface area (TPSA) is 56.5 Å². The van der Waals surface area contributed by atoms with E-state index in [0.29, 0.717) is 15.6 Å². The van der Waals surface area contributed by atoms with Crippen LogP contribution in [0.2, 0.25) is 10.0 Å². The van der Waals surface area contributed by atoms with Crippen molar-refractivity contribution in [3.63, 3.8) is 0 Å². The van der Waals surface area contributed by atoms with Crippen molar-refractivity contribution < 1.29 is 13.9 Å². The van der Waals surface area contributed by atoms with Gasteiger partial charge in [-0.3, -0.25) is 0 Å². The van der Waals surface area contributed by atoms with E-state index in [4.69, 9.17) is 32.4 Å². The average Bonchev–Trinajstić information content (AvgIpc) is 2.90. The summed E-state index contributed by atoms with van der Waals surface area (Å²) in [6.07, 6.45) is 0. The molecule has 4 aromatic rings. The molecule has 4 rings (SSSR count). The highest BCUT2D eigenvalue weighted by molar-refractivity contribution is 7.21. The Bertz CT molecular complexity index is 1240. The Hall–Kier alpha value is -2.34. The van der Waals surface area contributed by atoms with Crippen molar-refractivity contribution in [3.05, 3.63) is 73.4 Å². The number of carbonyl (C=O) groups excluding carboxylic acids is 1. The van der Waals surface area contributed by atoms with Crippen LogP contribution in [0.3, 0.4) is 0 Å². The summed E-state index contributed by atoms with van der Waals surface area (Å²) in [4.78, 5) is 24.4. The van der Waals surface area contributed by atoms with E-state index in [1.54, 1.807) is 30.3 Å². The molecule has 130 valence electrons. The average molecular weight is 405 g/mol. The minimum atomic E-state index is -0.582. The number of ether oxygens (including phenoxy) is 1. The van der Waals surface area contributed by atoms with E-state index in [-0.39, 0.29) is 10.6 Å². The molecule has 4 nitrogen and oxygen atoms in total. The van der Waals surface area contributed by atoms with E-state index in [2.05, 4.69) is 0 Å². The molecule has 0 unspecified atom stereocenters. The van der Waals surface area contributed by atoms with Crippen molar-refractivity contribution in [1.29, 1.82) is 0 Å². The number of aryl methyl sites for hydroxylation is 1. The fourth-order valence-electron chi connectivity index (χ4n) is 2.69. The van der Waals surface area contributed by atoms with Crippen molar-refractivity contribution in [1.82, 2.24) is 0 Å². The van der Waals surface area contributed by atoms with Crippen LogP contribution < -0.4 is 10.4 Å². The molecule has 0 radical (unpaired) electrons. The minimum absolute atomic E-state index is 0.266. The Balaban J connectivity index is 1.71.